The van der Waals surface area contributed by atoms with Gasteiger partial charge >= 0.3 is 0 Å². The minimum absolute atomic E-state index is 0.0254. The summed E-state index contributed by atoms with van der Waals surface area (Å²) in [6, 6.07) is 16.4. The summed E-state index contributed by atoms with van der Waals surface area (Å²) in [6.07, 6.45) is 2.85. The standard InChI is InChI=1S/C25H30N4O2/c1-3-20-8-10-21(11-9-20)24-22(18-29(26-24)23-7-5-4-6-19(23)2)25(31)28-14-12-27(13-15-28)16-17-30/h4-11,18,30H,3,12-17H2,1-2H3/p+1. The third-order valence-corrected chi connectivity index (χ3v) is 6.17. The third-order valence-electron chi connectivity index (χ3n) is 6.17. The molecule has 2 aromatic carbocycles. The molecular weight excluding hydrogens is 388 g/mol. The van der Waals surface area contributed by atoms with Gasteiger partial charge in [0.15, 0.2) is 0 Å². The first kappa shape index (κ1) is 21.3. The highest BCUT2D eigenvalue weighted by atomic mass is 16.3. The van der Waals surface area contributed by atoms with Crippen molar-refractivity contribution in [1.82, 2.24) is 14.7 Å². The van der Waals surface area contributed by atoms with E-state index in [1.165, 1.54) is 10.5 Å². The number of rotatable bonds is 6. The summed E-state index contributed by atoms with van der Waals surface area (Å²) < 4.78 is 1.83. The van der Waals surface area contributed by atoms with Crippen LogP contribution in [0, 0.1) is 6.92 Å². The van der Waals surface area contributed by atoms with Gasteiger partial charge in [-0.3, -0.25) is 4.79 Å². The van der Waals surface area contributed by atoms with Crippen molar-refractivity contribution in [3.05, 3.63) is 71.4 Å². The number of aryl methyl sites for hydroxylation is 2. The molecular formula is C25H31N4O2+. The quantitative estimate of drug-likeness (QED) is 0.640. The first-order chi connectivity index (χ1) is 15.1. The van der Waals surface area contributed by atoms with Crippen molar-refractivity contribution in [3.8, 4) is 16.9 Å². The Morgan fingerprint density at radius 3 is 2.45 bits per heavy atom. The van der Waals surface area contributed by atoms with Crippen molar-refractivity contribution < 1.29 is 14.8 Å². The third kappa shape index (κ3) is 4.55. The second-order valence-corrected chi connectivity index (χ2v) is 8.19. The van der Waals surface area contributed by atoms with Crippen LogP contribution in [0.25, 0.3) is 16.9 Å². The SMILES string of the molecule is CCc1ccc(-c2nn(-c3ccccc3C)cc2C(=O)N2CC[NH+](CCO)CC2)cc1. The van der Waals surface area contributed by atoms with Crippen LogP contribution in [-0.4, -0.2) is 65.0 Å². The number of nitrogens with zero attached hydrogens (tertiary/aromatic N) is 3. The molecule has 6 nitrogen and oxygen atoms in total. The van der Waals surface area contributed by atoms with Crippen LogP contribution in [0.15, 0.2) is 54.7 Å². The van der Waals surface area contributed by atoms with Gasteiger partial charge in [0.05, 0.1) is 44.0 Å². The number of hydrogen-bond acceptors (Lipinski definition) is 3. The molecule has 3 aromatic rings. The summed E-state index contributed by atoms with van der Waals surface area (Å²) in [5.41, 5.74) is 5.66. The van der Waals surface area contributed by atoms with E-state index in [1.807, 2.05) is 34.0 Å². The normalized spacial score (nSPS) is 14.7. The summed E-state index contributed by atoms with van der Waals surface area (Å²) >= 11 is 0. The van der Waals surface area contributed by atoms with Crippen LogP contribution in [0.2, 0.25) is 0 Å². The Balaban J connectivity index is 1.69. The molecule has 6 heteroatoms. The summed E-state index contributed by atoms with van der Waals surface area (Å²) in [5.74, 6) is 0.0254. The Bertz CT molecular complexity index is 1030. The Labute approximate surface area is 183 Å². The molecule has 0 saturated carbocycles. The van der Waals surface area contributed by atoms with Crippen LogP contribution in [-0.2, 0) is 6.42 Å². The number of nitrogens with one attached hydrogen (secondary N) is 1. The number of aromatic nitrogens is 2. The number of amides is 1. The maximum absolute atomic E-state index is 13.5. The number of aliphatic hydroxyl groups excluding tert-OH is 1. The zero-order chi connectivity index (χ0) is 21.8. The maximum atomic E-state index is 13.5. The molecule has 0 aliphatic carbocycles. The van der Waals surface area contributed by atoms with E-state index in [9.17, 15) is 9.90 Å². The van der Waals surface area contributed by atoms with E-state index in [2.05, 4.69) is 44.2 Å². The monoisotopic (exact) mass is 419 g/mol. The average Bonchev–Trinajstić information content (AvgIpc) is 3.25. The zero-order valence-corrected chi connectivity index (χ0v) is 18.3. The fourth-order valence-electron chi connectivity index (χ4n) is 4.19. The van der Waals surface area contributed by atoms with E-state index in [0.29, 0.717) is 18.7 Å². The van der Waals surface area contributed by atoms with Gasteiger partial charge in [0.2, 0.25) is 0 Å². The predicted octanol–water partition coefficient (Wildman–Crippen LogP) is 1.74. The predicted molar refractivity (Wildman–Crippen MR) is 122 cm³/mol. The molecule has 0 radical (unpaired) electrons. The van der Waals surface area contributed by atoms with Gasteiger partial charge in [0.1, 0.15) is 12.2 Å². The molecule has 0 unspecified atom stereocenters. The van der Waals surface area contributed by atoms with Crippen LogP contribution in [0.4, 0.5) is 0 Å². The van der Waals surface area contributed by atoms with Crippen LogP contribution in [0.5, 0.6) is 0 Å². The number of carbonyl (C=O) groups excluding carboxylic acids is 1. The lowest BCUT2D eigenvalue weighted by Crippen LogP contribution is -3.15. The van der Waals surface area contributed by atoms with Gasteiger partial charge in [-0.1, -0.05) is 49.4 Å². The van der Waals surface area contributed by atoms with Crippen molar-refractivity contribution in [2.75, 3.05) is 39.3 Å². The van der Waals surface area contributed by atoms with E-state index >= 15 is 0 Å². The minimum Gasteiger partial charge on any atom is -0.391 e. The molecule has 1 saturated heterocycles. The molecule has 1 amide bonds. The van der Waals surface area contributed by atoms with E-state index in [0.717, 1.165) is 48.6 Å². The van der Waals surface area contributed by atoms with Gasteiger partial charge in [0.25, 0.3) is 5.91 Å². The van der Waals surface area contributed by atoms with Gasteiger partial charge < -0.3 is 14.9 Å². The van der Waals surface area contributed by atoms with Gasteiger partial charge in [0, 0.05) is 11.8 Å². The summed E-state index contributed by atoms with van der Waals surface area (Å²) in [4.78, 5) is 16.8. The highest BCUT2D eigenvalue weighted by molar-refractivity contribution is 6.00. The number of piperazine rings is 1. The van der Waals surface area contributed by atoms with E-state index in [1.54, 1.807) is 0 Å². The van der Waals surface area contributed by atoms with Crippen molar-refractivity contribution in [2.24, 2.45) is 0 Å². The molecule has 0 atom stereocenters. The van der Waals surface area contributed by atoms with Gasteiger partial charge in [-0.05, 0) is 30.5 Å². The van der Waals surface area contributed by atoms with Gasteiger partial charge in [-0.25, -0.2) is 4.68 Å². The fraction of sp³-hybridized carbons (Fsp3) is 0.360. The second-order valence-electron chi connectivity index (χ2n) is 8.19. The highest BCUT2D eigenvalue weighted by Crippen LogP contribution is 2.26. The van der Waals surface area contributed by atoms with Crippen LogP contribution < -0.4 is 4.90 Å². The first-order valence-corrected chi connectivity index (χ1v) is 11.1. The molecule has 0 bridgehead atoms. The van der Waals surface area contributed by atoms with E-state index < -0.39 is 0 Å². The number of carbonyl (C=O) groups is 1. The van der Waals surface area contributed by atoms with Gasteiger partial charge in [-0.2, -0.15) is 5.10 Å². The molecule has 1 aliphatic rings. The molecule has 1 fully saturated rings. The molecule has 1 aliphatic heterocycles. The van der Waals surface area contributed by atoms with Crippen LogP contribution >= 0.6 is 0 Å². The lowest BCUT2D eigenvalue weighted by Gasteiger charge is -2.31. The summed E-state index contributed by atoms with van der Waals surface area (Å²) in [5, 5.41) is 14.1. The lowest BCUT2D eigenvalue weighted by molar-refractivity contribution is -0.904. The molecule has 162 valence electrons. The van der Waals surface area contributed by atoms with Crippen molar-refractivity contribution in [3.63, 3.8) is 0 Å². The fourth-order valence-corrected chi connectivity index (χ4v) is 4.19. The Kier molecular flexibility index (Phi) is 6.49. The maximum Gasteiger partial charge on any atom is 0.258 e. The Hall–Kier alpha value is -2.96. The Morgan fingerprint density at radius 2 is 1.81 bits per heavy atom. The number of para-hydroxylation sites is 1. The zero-order valence-electron chi connectivity index (χ0n) is 18.3. The molecule has 1 aromatic heterocycles. The topological polar surface area (TPSA) is 62.8 Å². The molecule has 4 rings (SSSR count). The largest absolute Gasteiger partial charge is 0.391 e. The first-order valence-electron chi connectivity index (χ1n) is 11.1. The van der Waals surface area contributed by atoms with Crippen molar-refractivity contribution in [1.29, 1.82) is 0 Å². The number of benzene rings is 2. The minimum atomic E-state index is 0.0254. The second kappa shape index (κ2) is 9.45. The number of quaternary nitrogens is 1. The lowest BCUT2D eigenvalue weighted by atomic mass is 10.0. The van der Waals surface area contributed by atoms with Gasteiger partial charge in [-0.15, -0.1) is 0 Å². The Morgan fingerprint density at radius 1 is 1.10 bits per heavy atom. The highest BCUT2D eigenvalue weighted by Gasteiger charge is 2.28. The molecule has 2 N–H and O–H groups in total. The van der Waals surface area contributed by atoms with Crippen molar-refractivity contribution in [2.45, 2.75) is 20.3 Å². The van der Waals surface area contributed by atoms with Crippen molar-refractivity contribution >= 4 is 5.91 Å². The van der Waals surface area contributed by atoms with Crippen LogP contribution in [0.3, 0.4) is 0 Å². The average molecular weight is 420 g/mol. The summed E-state index contributed by atoms with van der Waals surface area (Å²) in [7, 11) is 0. The smallest absolute Gasteiger partial charge is 0.258 e. The summed E-state index contributed by atoms with van der Waals surface area (Å²) in [6.45, 7) is 8.21. The molecule has 2 heterocycles. The number of aliphatic hydroxyl groups is 1. The van der Waals surface area contributed by atoms with E-state index in [-0.39, 0.29) is 12.5 Å². The molecule has 31 heavy (non-hydrogen) atoms. The van der Waals surface area contributed by atoms with E-state index in [4.69, 9.17) is 5.10 Å². The van der Waals surface area contributed by atoms with Crippen LogP contribution in [0.1, 0.15) is 28.4 Å². The number of hydrogen-bond donors (Lipinski definition) is 2. The molecule has 0 spiro atoms.